The molecule has 2 rings (SSSR count). The molecule has 1 aliphatic heterocycles. The Morgan fingerprint density at radius 3 is 1.69 bits per heavy atom. The molecule has 0 unspecified atom stereocenters. The predicted octanol–water partition coefficient (Wildman–Crippen LogP) is 6.68. The van der Waals surface area contributed by atoms with Crippen LogP contribution in [0.2, 0.25) is 0 Å². The fourth-order valence-electron chi connectivity index (χ4n) is 2.31. The highest BCUT2D eigenvalue weighted by molar-refractivity contribution is 8.17. The second-order valence-electron chi connectivity index (χ2n) is 5.90. The van der Waals surface area contributed by atoms with E-state index in [1.165, 1.54) is 0 Å². The average molecular weight is 524 g/mol. The lowest BCUT2D eigenvalue weighted by Gasteiger charge is -2.31. The largest absolute Gasteiger partial charge is 0.443 e. The van der Waals surface area contributed by atoms with E-state index in [4.69, 9.17) is 0 Å². The second kappa shape index (κ2) is 8.07. The molecule has 0 saturated heterocycles. The molecule has 0 bridgehead atoms. The summed E-state index contributed by atoms with van der Waals surface area (Å²) in [6.07, 6.45) is -24.1. The quantitative estimate of drug-likeness (QED) is 0.328. The summed E-state index contributed by atoms with van der Waals surface area (Å²) in [5.74, 6) is -3.67. The Balaban J connectivity index is 2.53. The van der Waals surface area contributed by atoms with Gasteiger partial charge < -0.3 is 5.32 Å². The molecule has 17 heteroatoms. The molecule has 0 aliphatic carbocycles. The van der Waals surface area contributed by atoms with E-state index in [2.05, 4.69) is 17.2 Å². The van der Waals surface area contributed by atoms with Crippen LogP contribution in [0.1, 0.15) is 11.1 Å². The first-order valence-electron chi connectivity index (χ1n) is 7.59. The molecule has 1 aromatic rings. The van der Waals surface area contributed by atoms with E-state index < -0.39 is 68.5 Å². The van der Waals surface area contributed by atoms with E-state index >= 15 is 0 Å². The number of halogens is 13. The second-order valence-corrected chi connectivity index (χ2v) is 7.30. The van der Waals surface area contributed by atoms with Crippen molar-refractivity contribution in [1.82, 2.24) is 5.32 Å². The number of hydrogen-bond donors (Lipinski definition) is 1. The molecule has 1 aromatic carbocycles. The normalized spacial score (nSPS) is 19.0. The molecule has 1 heterocycles. The van der Waals surface area contributed by atoms with E-state index in [-0.39, 0.29) is 5.56 Å². The lowest BCUT2D eigenvalue weighted by Crippen LogP contribution is -2.55. The number of amidine groups is 1. The van der Waals surface area contributed by atoms with E-state index in [0.29, 0.717) is 24.3 Å². The van der Waals surface area contributed by atoms with Gasteiger partial charge in [0.05, 0.1) is 10.5 Å². The van der Waals surface area contributed by atoms with Crippen LogP contribution in [0, 0.1) is 0 Å². The Bertz CT molecular complexity index is 936. The maximum absolute atomic E-state index is 13.7. The minimum atomic E-state index is -6.55. The molecule has 2 nitrogen and oxygen atoms in total. The van der Waals surface area contributed by atoms with Gasteiger partial charge in [0.1, 0.15) is 4.99 Å². The van der Waals surface area contributed by atoms with Crippen molar-refractivity contribution in [3.8, 4) is 0 Å². The van der Waals surface area contributed by atoms with Gasteiger partial charge in [0, 0.05) is 5.56 Å². The van der Waals surface area contributed by atoms with Crippen LogP contribution in [0.4, 0.5) is 57.1 Å². The van der Waals surface area contributed by atoms with Gasteiger partial charge in [0.25, 0.3) is 5.54 Å². The molecule has 0 radical (unpaired) electrons. The summed E-state index contributed by atoms with van der Waals surface area (Å²) in [6.45, 7) is 0. The molecule has 1 N–H and O–H groups in total. The Kier molecular flexibility index (Phi) is 6.61. The number of thiocarbonyl (C=S) groups is 1. The van der Waals surface area contributed by atoms with Crippen molar-refractivity contribution in [3.63, 3.8) is 0 Å². The minimum Gasteiger partial charge on any atom is -0.325 e. The Hall–Kier alpha value is -2.04. The molecule has 0 spiro atoms. The maximum atomic E-state index is 13.7. The van der Waals surface area contributed by atoms with Crippen molar-refractivity contribution in [2.45, 2.75) is 30.2 Å². The third-order valence-corrected chi connectivity index (χ3v) is 5.16. The number of rotatable bonds is 1. The van der Waals surface area contributed by atoms with E-state index in [1.807, 2.05) is 0 Å². The lowest BCUT2D eigenvalue weighted by atomic mass is 9.97. The van der Waals surface area contributed by atoms with Crippen LogP contribution < -0.4 is 5.32 Å². The number of hydrogen-bond acceptors (Lipinski definition) is 3. The predicted molar refractivity (Wildman–Crippen MR) is 90.3 cm³/mol. The van der Waals surface area contributed by atoms with Crippen molar-refractivity contribution >= 4 is 34.1 Å². The Morgan fingerprint density at radius 2 is 1.31 bits per heavy atom. The summed E-state index contributed by atoms with van der Waals surface area (Å²) in [4.78, 5) is -1.36. The van der Waals surface area contributed by atoms with Gasteiger partial charge >= 0.3 is 24.7 Å². The fourth-order valence-corrected chi connectivity index (χ4v) is 3.76. The van der Waals surface area contributed by atoms with Gasteiger partial charge in [-0.3, -0.25) is 0 Å². The van der Waals surface area contributed by atoms with Gasteiger partial charge in [0.2, 0.25) is 5.83 Å². The standard InChI is InChI=1S/C15H5F13N2S2/c16-7(13(20,21)22)8-11(14(23,24)25,15(26,27)28)30-10(32-8)29-9(31)5-1-3-6(4-2-5)12(17,18)19/h1-4H,(H,29,30,31). The first-order chi connectivity index (χ1) is 14.2. The molecule has 0 saturated carbocycles. The van der Waals surface area contributed by atoms with Crippen molar-refractivity contribution in [2.24, 2.45) is 4.99 Å². The van der Waals surface area contributed by atoms with Crippen LogP contribution in [0.3, 0.4) is 0 Å². The van der Waals surface area contributed by atoms with Gasteiger partial charge in [-0.05, 0) is 12.1 Å². The van der Waals surface area contributed by atoms with E-state index in [0.717, 1.165) is 0 Å². The van der Waals surface area contributed by atoms with Crippen LogP contribution in [0.25, 0.3) is 0 Å². The molecule has 0 amide bonds. The van der Waals surface area contributed by atoms with Crippen LogP contribution in [0.15, 0.2) is 40.0 Å². The monoisotopic (exact) mass is 524 g/mol. The van der Waals surface area contributed by atoms with Crippen molar-refractivity contribution < 1.29 is 57.1 Å². The SMILES string of the molecule is FC(=C1SC(NC(=S)c2ccc(C(F)(F)F)cc2)=NC1(C(F)(F)F)C(F)(F)F)C(F)(F)F. The Labute approximate surface area is 178 Å². The summed E-state index contributed by atoms with van der Waals surface area (Å²) in [5.41, 5.74) is -7.10. The topological polar surface area (TPSA) is 24.4 Å². The molecule has 0 fully saturated rings. The number of nitrogens with zero attached hydrogens (tertiary/aromatic N) is 1. The van der Waals surface area contributed by atoms with Crippen molar-refractivity contribution in [3.05, 3.63) is 46.1 Å². The summed E-state index contributed by atoms with van der Waals surface area (Å²) in [6, 6.07) is 2.37. The number of thioether (sulfide) groups is 1. The average Bonchev–Trinajstić information content (AvgIpc) is 3.00. The van der Waals surface area contributed by atoms with Gasteiger partial charge in [-0.1, -0.05) is 36.1 Å². The highest BCUT2D eigenvalue weighted by Crippen LogP contribution is 2.59. The number of aliphatic imine (C=N–C) groups is 1. The third kappa shape index (κ3) is 4.82. The summed E-state index contributed by atoms with van der Waals surface area (Å²) in [7, 11) is 0. The van der Waals surface area contributed by atoms with Crippen molar-refractivity contribution in [1.29, 1.82) is 0 Å². The van der Waals surface area contributed by atoms with Crippen LogP contribution >= 0.6 is 24.0 Å². The van der Waals surface area contributed by atoms with Crippen LogP contribution in [-0.4, -0.2) is 34.2 Å². The molecule has 1 aliphatic rings. The molecule has 0 aromatic heterocycles. The zero-order chi connectivity index (χ0) is 24.9. The van der Waals surface area contributed by atoms with Gasteiger partial charge in [-0.25, -0.2) is 9.38 Å². The van der Waals surface area contributed by atoms with E-state index in [1.54, 1.807) is 5.32 Å². The fraction of sp³-hybridized carbons (Fsp3) is 0.333. The summed E-state index contributed by atoms with van der Waals surface area (Å²) in [5, 5.41) is 0.183. The zero-order valence-corrected chi connectivity index (χ0v) is 16.1. The Morgan fingerprint density at radius 1 is 0.844 bits per heavy atom. The maximum Gasteiger partial charge on any atom is 0.443 e. The first-order valence-corrected chi connectivity index (χ1v) is 8.81. The van der Waals surface area contributed by atoms with Crippen LogP contribution in [-0.2, 0) is 6.18 Å². The van der Waals surface area contributed by atoms with Crippen molar-refractivity contribution in [2.75, 3.05) is 0 Å². The number of nitrogens with one attached hydrogen (secondary N) is 1. The highest BCUT2D eigenvalue weighted by atomic mass is 32.2. The lowest BCUT2D eigenvalue weighted by molar-refractivity contribution is -0.280. The number of benzene rings is 1. The highest BCUT2D eigenvalue weighted by Gasteiger charge is 2.77. The minimum absolute atomic E-state index is 0.352. The first kappa shape index (κ1) is 26.2. The number of alkyl halides is 12. The molecular formula is C15H5F13N2S2. The summed E-state index contributed by atoms with van der Waals surface area (Å²) < 4.78 is 169. The summed E-state index contributed by atoms with van der Waals surface area (Å²) >= 11 is 3.71. The smallest absolute Gasteiger partial charge is 0.325 e. The molecular weight excluding hydrogens is 519 g/mol. The zero-order valence-electron chi connectivity index (χ0n) is 14.5. The third-order valence-electron chi connectivity index (χ3n) is 3.76. The number of allylic oxidation sites excluding steroid dienone is 1. The van der Waals surface area contributed by atoms with Gasteiger partial charge in [0.15, 0.2) is 5.17 Å². The molecule has 178 valence electrons. The van der Waals surface area contributed by atoms with Gasteiger partial charge in [-0.15, -0.1) is 0 Å². The van der Waals surface area contributed by atoms with E-state index in [9.17, 15) is 57.1 Å². The van der Waals surface area contributed by atoms with Gasteiger partial charge in [-0.2, -0.15) is 52.7 Å². The van der Waals surface area contributed by atoms with Crippen LogP contribution in [0.5, 0.6) is 0 Å². The molecule has 32 heavy (non-hydrogen) atoms. The molecule has 0 atom stereocenters.